The maximum absolute atomic E-state index is 9.93. The van der Waals surface area contributed by atoms with Crippen molar-refractivity contribution >= 4 is 7.82 Å². The van der Waals surface area contributed by atoms with Gasteiger partial charge >= 0.3 is 59.1 Å². The molecule has 0 radical (unpaired) electrons. The molecule has 2 N–H and O–H groups in total. The summed E-state index contributed by atoms with van der Waals surface area (Å²) in [4.78, 5) is 24.3. The molecule has 0 heterocycles. The molecule has 0 aromatic heterocycles. The Morgan fingerprint density at radius 3 is 1.44 bits per heavy atom. The molecule has 136 valence electrons. The van der Waals surface area contributed by atoms with Crippen molar-refractivity contribution in [3.8, 4) is 5.75 Å². The number of phenolic OH excluding ortho intramolecular Hbond substituents is 1. The monoisotopic (exact) mass is 396 g/mol. The predicted molar refractivity (Wildman–Crippen MR) is 85.0 cm³/mol. The minimum Gasteiger partial charge on any atom is -0.790 e. The summed E-state index contributed by atoms with van der Waals surface area (Å²) in [5.41, 5.74) is 2.09. The zero-order valence-corrected chi connectivity index (χ0v) is 21.4. The van der Waals surface area contributed by atoms with Crippen molar-refractivity contribution in [1.82, 2.24) is 0 Å². The Labute approximate surface area is 195 Å². The number of hydrogen-bond donors (Lipinski definition) is 2. The molecule has 1 rings (SSSR count). The summed E-state index contributed by atoms with van der Waals surface area (Å²) < 4.78 is 17.6. The number of phenols is 1. The average Bonchev–Trinajstić information content (AvgIpc) is 2.38. The van der Waals surface area contributed by atoms with E-state index in [-0.39, 0.29) is 59.1 Å². The predicted octanol–water partition coefficient (Wildman–Crippen LogP) is -4.31. The molecule has 0 amide bonds. The summed E-state index contributed by atoms with van der Waals surface area (Å²) in [6.45, 7) is 8.77. The molecule has 0 spiro atoms. The molecule has 10 heteroatoms. The summed E-state index contributed by atoms with van der Waals surface area (Å²) >= 11 is 0. The van der Waals surface area contributed by atoms with Crippen LogP contribution < -0.4 is 68.9 Å². The van der Waals surface area contributed by atoms with E-state index in [0.29, 0.717) is 24.4 Å². The first-order valence-corrected chi connectivity index (χ1v) is 8.49. The zero-order valence-electron chi connectivity index (χ0n) is 16.5. The van der Waals surface area contributed by atoms with E-state index in [0.717, 1.165) is 11.1 Å². The Morgan fingerprint density at radius 2 is 1.28 bits per heavy atom. The van der Waals surface area contributed by atoms with Gasteiger partial charge in [0.05, 0.1) is 7.82 Å². The fourth-order valence-corrected chi connectivity index (χ4v) is 1.63. The van der Waals surface area contributed by atoms with Crippen molar-refractivity contribution in [2.24, 2.45) is 0 Å². The molecular weight excluding hydrogens is 369 g/mol. The maximum Gasteiger partial charge on any atom is 1.00 e. The fraction of sp³-hybridized carbons (Fsp3) is 0.600. The number of aromatic hydroxyl groups is 1. The summed E-state index contributed by atoms with van der Waals surface area (Å²) in [6.07, 6.45) is 0. The first-order valence-electron chi connectivity index (χ1n) is 7.00. The molecule has 0 unspecified atom stereocenters. The van der Waals surface area contributed by atoms with E-state index in [2.05, 4.69) is 37.2 Å². The molecule has 0 aliphatic heterocycles. The Balaban J connectivity index is -0.000000156. The van der Waals surface area contributed by atoms with Crippen LogP contribution in [0.3, 0.4) is 0 Å². The Kier molecular flexibility index (Phi) is 24.8. The van der Waals surface area contributed by atoms with E-state index in [1.807, 2.05) is 18.2 Å². The van der Waals surface area contributed by atoms with E-state index in [1.165, 1.54) is 0 Å². The Hall–Kier alpha value is 1.05. The topological polar surface area (TPSA) is 122 Å². The molecule has 1 aromatic carbocycles. The molecule has 7 nitrogen and oxygen atoms in total. The van der Waals surface area contributed by atoms with Crippen molar-refractivity contribution < 1.29 is 92.9 Å². The van der Waals surface area contributed by atoms with E-state index < -0.39 is 7.82 Å². The molecule has 0 aliphatic carbocycles. The quantitative estimate of drug-likeness (QED) is 0.300. The minimum absolute atomic E-state index is 0. The van der Waals surface area contributed by atoms with Gasteiger partial charge in [0.15, 0.2) is 0 Å². The maximum atomic E-state index is 9.93. The Bertz CT molecular complexity index is 442. The molecule has 0 saturated heterocycles. The van der Waals surface area contributed by atoms with Crippen LogP contribution in [-0.4, -0.2) is 31.0 Å². The second-order valence-corrected chi connectivity index (χ2v) is 6.20. The first kappa shape index (κ1) is 33.6. The van der Waals surface area contributed by atoms with E-state index in [9.17, 15) is 5.11 Å². The standard InChI is InChI=1S/C12H18O.C3H8O2.2Na.H3O4P/c1-8(2)10-6-5-7-11(9(3)4)12(10)13;1-4-3-5-2;;;1-5(2,3)4/h5-9,13H,1-4H3;3H2,1-2H3;;;(H3,1,2,3,4)/q;;2*+1;/p-2. The Morgan fingerprint density at radius 1 is 1.00 bits per heavy atom. The molecule has 1 aromatic rings. The number of hydrogen-bond acceptors (Lipinski definition) is 6. The van der Waals surface area contributed by atoms with E-state index in [4.69, 9.17) is 19.2 Å². The largest absolute Gasteiger partial charge is 1.00 e. The van der Waals surface area contributed by atoms with E-state index >= 15 is 0 Å². The van der Waals surface area contributed by atoms with Crippen molar-refractivity contribution in [3.05, 3.63) is 29.3 Å². The fourth-order valence-electron chi connectivity index (χ4n) is 1.63. The second-order valence-electron chi connectivity index (χ2n) is 5.26. The van der Waals surface area contributed by atoms with Crippen LogP contribution in [0.15, 0.2) is 18.2 Å². The summed E-state index contributed by atoms with van der Waals surface area (Å²) in [5.74, 6) is 1.25. The number of ether oxygens (including phenoxy) is 2. The van der Waals surface area contributed by atoms with Gasteiger partial charge in [-0.15, -0.1) is 0 Å². The first-order chi connectivity index (χ1) is 10.5. The van der Waals surface area contributed by atoms with Crippen LogP contribution >= 0.6 is 7.82 Å². The van der Waals surface area contributed by atoms with Gasteiger partial charge in [0.1, 0.15) is 12.5 Å². The SMILES string of the molecule is CC(C)c1cccc(C(C)C)c1O.COCOC.O=P([O-])([O-])O.[Na+].[Na+]. The van der Waals surface area contributed by atoms with Crippen LogP contribution in [0.25, 0.3) is 0 Å². The van der Waals surface area contributed by atoms with Gasteiger partial charge in [0.2, 0.25) is 0 Å². The minimum atomic E-state index is -5.14. The van der Waals surface area contributed by atoms with Crippen molar-refractivity contribution in [3.63, 3.8) is 0 Å². The van der Waals surface area contributed by atoms with Gasteiger partial charge in [-0.1, -0.05) is 45.9 Å². The third-order valence-electron chi connectivity index (χ3n) is 2.58. The zero-order chi connectivity index (χ0) is 18.6. The molecule has 0 saturated carbocycles. The molecular formula is C15H27Na2O7P. The van der Waals surface area contributed by atoms with Crippen LogP contribution in [0, 0.1) is 0 Å². The van der Waals surface area contributed by atoms with Gasteiger partial charge in [0, 0.05) is 14.2 Å². The number of phosphoric acid groups is 1. The summed E-state index contributed by atoms with van der Waals surface area (Å²) in [7, 11) is -1.97. The second kappa shape index (κ2) is 18.4. The number of benzene rings is 1. The average molecular weight is 396 g/mol. The summed E-state index contributed by atoms with van der Waals surface area (Å²) in [5, 5.41) is 9.93. The van der Waals surface area contributed by atoms with Crippen LogP contribution in [-0.2, 0) is 14.0 Å². The smallest absolute Gasteiger partial charge is 0.790 e. The van der Waals surface area contributed by atoms with Crippen molar-refractivity contribution in [1.29, 1.82) is 0 Å². The number of para-hydroxylation sites is 1. The molecule has 0 fully saturated rings. The third-order valence-corrected chi connectivity index (χ3v) is 2.58. The van der Waals surface area contributed by atoms with Crippen LogP contribution in [0.2, 0.25) is 0 Å². The van der Waals surface area contributed by atoms with Gasteiger partial charge in [-0.3, -0.25) is 0 Å². The van der Waals surface area contributed by atoms with Crippen molar-refractivity contribution in [2.75, 3.05) is 21.0 Å². The number of rotatable bonds is 4. The van der Waals surface area contributed by atoms with Gasteiger partial charge in [-0.05, 0) is 23.0 Å². The number of methoxy groups -OCH3 is 2. The van der Waals surface area contributed by atoms with Crippen LogP contribution in [0.4, 0.5) is 0 Å². The van der Waals surface area contributed by atoms with E-state index in [1.54, 1.807) is 14.2 Å². The molecule has 0 atom stereocenters. The van der Waals surface area contributed by atoms with Crippen molar-refractivity contribution in [2.45, 2.75) is 39.5 Å². The van der Waals surface area contributed by atoms with Gasteiger partial charge in [-0.25, -0.2) is 0 Å². The summed E-state index contributed by atoms with van der Waals surface area (Å²) in [6, 6.07) is 6.00. The van der Waals surface area contributed by atoms with Gasteiger partial charge in [-0.2, -0.15) is 0 Å². The van der Waals surface area contributed by atoms with Crippen LogP contribution in [0.1, 0.15) is 50.7 Å². The normalized spacial score (nSPS) is 9.88. The molecule has 0 bridgehead atoms. The third kappa shape index (κ3) is 21.2. The molecule has 0 aliphatic rings. The molecule has 25 heavy (non-hydrogen) atoms. The van der Waals surface area contributed by atoms with Gasteiger partial charge in [0.25, 0.3) is 0 Å². The van der Waals surface area contributed by atoms with Crippen LogP contribution in [0.5, 0.6) is 5.75 Å². The van der Waals surface area contributed by atoms with Gasteiger partial charge < -0.3 is 33.8 Å².